The van der Waals surface area contributed by atoms with Gasteiger partial charge in [0.05, 0.1) is 0 Å². The smallest absolute Gasteiger partial charge is 0.0283 e. The second kappa shape index (κ2) is 1.96. The van der Waals surface area contributed by atoms with Crippen LogP contribution in [0.2, 0.25) is 0 Å². The summed E-state index contributed by atoms with van der Waals surface area (Å²) >= 11 is 0. The Morgan fingerprint density at radius 1 is 1.50 bits per heavy atom. The lowest BCUT2D eigenvalue weighted by molar-refractivity contribution is 1.11. The lowest BCUT2D eigenvalue weighted by Gasteiger charge is -1.53. The first-order valence-corrected chi connectivity index (χ1v) is 2.07. The molecule has 0 atom stereocenters. The van der Waals surface area contributed by atoms with E-state index >= 15 is 0 Å². The molecule has 0 bridgehead atoms. The Labute approximate surface area is 37.2 Å². The van der Waals surface area contributed by atoms with E-state index in [9.17, 15) is 0 Å². The van der Waals surface area contributed by atoms with E-state index in [2.05, 4.69) is 13.0 Å². The highest BCUT2D eigenvalue weighted by Gasteiger charge is 2.06. The minimum absolute atomic E-state index is 0. The molecule has 6 heavy (non-hydrogen) atoms. The van der Waals surface area contributed by atoms with E-state index in [1.807, 2.05) is 0 Å². The van der Waals surface area contributed by atoms with Crippen LogP contribution < -0.4 is 0 Å². The normalized spacial score (nSPS) is 15.8. The van der Waals surface area contributed by atoms with E-state index in [0.717, 1.165) is 0 Å². The van der Waals surface area contributed by atoms with Gasteiger partial charge in [0.15, 0.2) is 0 Å². The van der Waals surface area contributed by atoms with Gasteiger partial charge in [0.1, 0.15) is 0 Å². The summed E-state index contributed by atoms with van der Waals surface area (Å²) in [6.07, 6.45) is 4.94. The predicted molar refractivity (Wildman–Crippen MR) is 25.5 cm³/mol. The molecule has 0 unspecified atom stereocenters. The van der Waals surface area contributed by atoms with Gasteiger partial charge in [-0.25, -0.2) is 0 Å². The summed E-state index contributed by atoms with van der Waals surface area (Å²) in [4.78, 5) is 0. The number of hydrogen-bond donors (Lipinski definition) is 0. The Balaban J connectivity index is 0.000000250. The molecule has 1 aliphatic carbocycles. The van der Waals surface area contributed by atoms with Crippen LogP contribution in [0.25, 0.3) is 0 Å². The van der Waals surface area contributed by atoms with Gasteiger partial charge in [0.2, 0.25) is 0 Å². The first-order valence-electron chi connectivity index (χ1n) is 2.07. The standard InChI is InChI=1S/C5H8.FH/c1-2-5-3-4-5;/h2H,3-4H2,1H3;1H. The van der Waals surface area contributed by atoms with Gasteiger partial charge in [-0.05, 0) is 19.8 Å². The van der Waals surface area contributed by atoms with Crippen molar-refractivity contribution < 1.29 is 4.70 Å². The molecule has 1 heteroatoms. The Morgan fingerprint density at radius 3 is 2.00 bits per heavy atom. The fraction of sp³-hybridized carbons (Fsp3) is 0.600. The molecule has 1 aliphatic rings. The van der Waals surface area contributed by atoms with E-state index in [1.165, 1.54) is 12.8 Å². The average molecular weight is 88.1 g/mol. The third kappa shape index (κ3) is 1.20. The van der Waals surface area contributed by atoms with Crippen molar-refractivity contribution >= 4 is 0 Å². The van der Waals surface area contributed by atoms with Crippen molar-refractivity contribution in [2.75, 3.05) is 0 Å². The summed E-state index contributed by atoms with van der Waals surface area (Å²) in [7, 11) is 0. The van der Waals surface area contributed by atoms with Crippen molar-refractivity contribution in [3.8, 4) is 0 Å². The van der Waals surface area contributed by atoms with Crippen molar-refractivity contribution in [1.29, 1.82) is 0 Å². The second-order valence-corrected chi connectivity index (χ2v) is 1.45. The molecule has 0 amide bonds. The SMILES string of the molecule is CC=C1CC1.F. The fourth-order valence-electron chi connectivity index (χ4n) is 0.361. The summed E-state index contributed by atoms with van der Waals surface area (Å²) in [6.45, 7) is 2.10. The molecule has 0 saturated heterocycles. The minimum Gasteiger partial charge on any atom is -0.269 e. The Bertz CT molecular complexity index is 58.3. The molecular formula is C5H9F. The zero-order valence-electron chi connectivity index (χ0n) is 3.90. The molecule has 0 aromatic carbocycles. The molecular weight excluding hydrogens is 79.1 g/mol. The van der Waals surface area contributed by atoms with Crippen LogP contribution in [-0.2, 0) is 0 Å². The quantitative estimate of drug-likeness (QED) is 0.396. The molecule has 1 saturated carbocycles. The Hall–Kier alpha value is -0.330. The van der Waals surface area contributed by atoms with Crippen molar-refractivity contribution in [2.45, 2.75) is 19.8 Å². The number of rotatable bonds is 0. The van der Waals surface area contributed by atoms with Crippen LogP contribution in [0.15, 0.2) is 11.6 Å². The molecule has 0 nitrogen and oxygen atoms in total. The van der Waals surface area contributed by atoms with Gasteiger partial charge in [0.25, 0.3) is 0 Å². The van der Waals surface area contributed by atoms with E-state index in [-0.39, 0.29) is 4.70 Å². The van der Waals surface area contributed by atoms with Crippen LogP contribution >= 0.6 is 0 Å². The molecule has 0 aromatic rings. The third-order valence-electron chi connectivity index (χ3n) is 0.947. The van der Waals surface area contributed by atoms with Crippen molar-refractivity contribution in [3.05, 3.63) is 11.6 Å². The Morgan fingerprint density at radius 2 is 2.00 bits per heavy atom. The molecule has 1 rings (SSSR count). The molecule has 36 valence electrons. The van der Waals surface area contributed by atoms with E-state index in [4.69, 9.17) is 0 Å². The monoisotopic (exact) mass is 88.1 g/mol. The first kappa shape index (κ1) is 5.67. The van der Waals surface area contributed by atoms with Gasteiger partial charge in [-0.1, -0.05) is 11.6 Å². The first-order chi connectivity index (χ1) is 2.43. The van der Waals surface area contributed by atoms with Gasteiger partial charge in [-0.3, -0.25) is 4.70 Å². The third-order valence-corrected chi connectivity index (χ3v) is 0.947. The number of allylic oxidation sites excluding steroid dienone is 2. The summed E-state index contributed by atoms with van der Waals surface area (Å²) in [5.74, 6) is 0. The maximum absolute atomic E-state index is 2.19. The van der Waals surface area contributed by atoms with Crippen LogP contribution in [-0.4, -0.2) is 0 Å². The minimum atomic E-state index is 0. The summed E-state index contributed by atoms with van der Waals surface area (Å²) < 4.78 is 0. The molecule has 0 spiro atoms. The van der Waals surface area contributed by atoms with Crippen LogP contribution in [0.4, 0.5) is 4.70 Å². The van der Waals surface area contributed by atoms with Gasteiger partial charge in [-0.15, -0.1) is 0 Å². The number of hydrogen-bond acceptors (Lipinski definition) is 0. The van der Waals surface area contributed by atoms with Gasteiger partial charge < -0.3 is 0 Å². The highest BCUT2D eigenvalue weighted by atomic mass is 19.0. The lowest BCUT2D eigenvalue weighted by atomic mass is 10.6. The second-order valence-electron chi connectivity index (χ2n) is 1.45. The number of halogens is 1. The zero-order valence-corrected chi connectivity index (χ0v) is 3.90. The fourth-order valence-corrected chi connectivity index (χ4v) is 0.361. The van der Waals surface area contributed by atoms with Crippen molar-refractivity contribution in [1.82, 2.24) is 0 Å². The maximum atomic E-state index is 2.19. The zero-order chi connectivity index (χ0) is 3.70. The van der Waals surface area contributed by atoms with E-state index < -0.39 is 0 Å². The molecule has 1 fully saturated rings. The molecule has 0 radical (unpaired) electrons. The van der Waals surface area contributed by atoms with Gasteiger partial charge >= 0.3 is 0 Å². The highest BCUT2D eigenvalue weighted by molar-refractivity contribution is 5.14. The summed E-state index contributed by atoms with van der Waals surface area (Å²) in [6, 6.07) is 0. The largest absolute Gasteiger partial charge is 0.269 e. The van der Waals surface area contributed by atoms with Crippen LogP contribution in [0.3, 0.4) is 0 Å². The van der Waals surface area contributed by atoms with Crippen LogP contribution in [0.5, 0.6) is 0 Å². The Kier molecular flexibility index (Phi) is 1.85. The van der Waals surface area contributed by atoms with Gasteiger partial charge in [-0.2, -0.15) is 0 Å². The van der Waals surface area contributed by atoms with Crippen LogP contribution in [0.1, 0.15) is 19.8 Å². The molecule has 0 aromatic heterocycles. The summed E-state index contributed by atoms with van der Waals surface area (Å²) in [5, 5.41) is 0. The molecule has 0 heterocycles. The van der Waals surface area contributed by atoms with Gasteiger partial charge in [0, 0.05) is 0 Å². The topological polar surface area (TPSA) is 0 Å². The maximum Gasteiger partial charge on any atom is -0.0283 e. The van der Waals surface area contributed by atoms with E-state index in [0.29, 0.717) is 0 Å². The molecule has 0 N–H and O–H groups in total. The predicted octanol–water partition coefficient (Wildman–Crippen LogP) is 1.88. The average Bonchev–Trinajstić information content (AvgIpc) is 2.12. The summed E-state index contributed by atoms with van der Waals surface area (Å²) in [5.41, 5.74) is 1.63. The van der Waals surface area contributed by atoms with Crippen LogP contribution in [0, 0.1) is 0 Å². The molecule has 0 aliphatic heterocycles. The lowest BCUT2D eigenvalue weighted by Crippen LogP contribution is -1.31. The highest BCUT2D eigenvalue weighted by Crippen LogP contribution is 2.26. The van der Waals surface area contributed by atoms with E-state index in [1.54, 1.807) is 5.57 Å². The van der Waals surface area contributed by atoms with Crippen molar-refractivity contribution in [3.63, 3.8) is 0 Å². The van der Waals surface area contributed by atoms with Crippen molar-refractivity contribution in [2.24, 2.45) is 0 Å².